The van der Waals surface area contributed by atoms with Crippen LogP contribution < -0.4 is 11.1 Å². The third-order valence-electron chi connectivity index (χ3n) is 2.63. The average molecular weight is 228 g/mol. The second kappa shape index (κ2) is 4.18. The van der Waals surface area contributed by atoms with Gasteiger partial charge in [-0.3, -0.25) is 0 Å². The molecule has 2 rings (SSSR count). The molecule has 0 aliphatic heterocycles. The first-order valence-corrected chi connectivity index (χ1v) is 5.44. The van der Waals surface area contributed by atoms with Gasteiger partial charge in [0.05, 0.1) is 0 Å². The SMILES string of the molecule is CC(CNc1nc(N)nc(Cl)n1)C1CC1. The van der Waals surface area contributed by atoms with Gasteiger partial charge in [-0.05, 0) is 36.3 Å². The zero-order valence-corrected chi connectivity index (χ0v) is 9.33. The summed E-state index contributed by atoms with van der Waals surface area (Å²) in [4.78, 5) is 11.6. The van der Waals surface area contributed by atoms with Crippen LogP contribution in [0, 0.1) is 11.8 Å². The molecule has 1 unspecified atom stereocenters. The third-order valence-corrected chi connectivity index (χ3v) is 2.80. The van der Waals surface area contributed by atoms with Crippen LogP contribution in [0.4, 0.5) is 11.9 Å². The summed E-state index contributed by atoms with van der Waals surface area (Å²) < 4.78 is 0. The number of nitrogens with zero attached hydrogens (tertiary/aromatic N) is 3. The molecule has 1 aromatic rings. The van der Waals surface area contributed by atoms with Gasteiger partial charge >= 0.3 is 0 Å². The van der Waals surface area contributed by atoms with Crippen LogP contribution in [-0.2, 0) is 0 Å². The molecule has 15 heavy (non-hydrogen) atoms. The molecule has 1 aliphatic rings. The molecule has 6 heteroatoms. The lowest BCUT2D eigenvalue weighted by molar-refractivity contribution is 0.535. The molecule has 0 aromatic carbocycles. The number of nitrogen functional groups attached to an aromatic ring is 1. The zero-order chi connectivity index (χ0) is 10.8. The molecule has 5 nitrogen and oxygen atoms in total. The van der Waals surface area contributed by atoms with Crippen LogP contribution in [0.1, 0.15) is 19.8 Å². The summed E-state index contributed by atoms with van der Waals surface area (Å²) in [6.07, 6.45) is 2.67. The second-order valence-electron chi connectivity index (χ2n) is 3.98. The largest absolute Gasteiger partial charge is 0.368 e. The van der Waals surface area contributed by atoms with Crippen molar-refractivity contribution in [2.45, 2.75) is 19.8 Å². The Kier molecular flexibility index (Phi) is 2.90. The lowest BCUT2D eigenvalue weighted by atomic mass is 10.1. The molecule has 82 valence electrons. The Morgan fingerprint density at radius 3 is 2.80 bits per heavy atom. The Morgan fingerprint density at radius 2 is 2.20 bits per heavy atom. The Labute approximate surface area is 93.5 Å². The molecule has 1 aliphatic carbocycles. The minimum atomic E-state index is 0.129. The van der Waals surface area contributed by atoms with Gasteiger partial charge in [-0.2, -0.15) is 15.0 Å². The first-order valence-electron chi connectivity index (χ1n) is 5.06. The van der Waals surface area contributed by atoms with Crippen LogP contribution in [0.3, 0.4) is 0 Å². The van der Waals surface area contributed by atoms with Gasteiger partial charge < -0.3 is 11.1 Å². The van der Waals surface area contributed by atoms with E-state index in [4.69, 9.17) is 17.3 Å². The predicted molar refractivity (Wildman–Crippen MR) is 59.6 cm³/mol. The van der Waals surface area contributed by atoms with Gasteiger partial charge in [-0.1, -0.05) is 6.92 Å². The monoisotopic (exact) mass is 227 g/mol. The Balaban J connectivity index is 1.91. The maximum absolute atomic E-state index is 5.66. The molecule has 1 saturated carbocycles. The van der Waals surface area contributed by atoms with Crippen molar-refractivity contribution in [2.75, 3.05) is 17.6 Å². The molecule has 0 amide bonds. The van der Waals surface area contributed by atoms with Crippen LogP contribution in [-0.4, -0.2) is 21.5 Å². The first-order chi connectivity index (χ1) is 7.15. The highest BCUT2D eigenvalue weighted by Crippen LogP contribution is 2.36. The van der Waals surface area contributed by atoms with Gasteiger partial charge in [0.1, 0.15) is 0 Å². The van der Waals surface area contributed by atoms with E-state index in [1.807, 2.05) is 0 Å². The first kappa shape index (κ1) is 10.4. The molecule has 0 saturated heterocycles. The minimum Gasteiger partial charge on any atom is -0.368 e. The molecular weight excluding hydrogens is 214 g/mol. The van der Waals surface area contributed by atoms with Gasteiger partial charge in [0.25, 0.3) is 0 Å². The number of rotatable bonds is 4. The standard InChI is InChI=1S/C9H14ClN5/c1-5(6-2-3-6)4-12-9-14-7(10)13-8(11)15-9/h5-6H,2-4H2,1H3,(H3,11,12,13,14,15). The van der Waals surface area contributed by atoms with Crippen LogP contribution >= 0.6 is 11.6 Å². The van der Waals surface area contributed by atoms with Crippen molar-refractivity contribution in [2.24, 2.45) is 11.8 Å². The van der Waals surface area contributed by atoms with Crippen LogP contribution in [0.15, 0.2) is 0 Å². The Bertz CT molecular complexity index is 332. The lowest BCUT2D eigenvalue weighted by Gasteiger charge is -2.11. The minimum absolute atomic E-state index is 0.129. The van der Waals surface area contributed by atoms with E-state index in [9.17, 15) is 0 Å². The molecular formula is C9H14ClN5. The van der Waals surface area contributed by atoms with E-state index >= 15 is 0 Å². The highest BCUT2D eigenvalue weighted by molar-refractivity contribution is 6.28. The second-order valence-corrected chi connectivity index (χ2v) is 4.32. The van der Waals surface area contributed by atoms with E-state index in [0.29, 0.717) is 11.9 Å². The summed E-state index contributed by atoms with van der Waals surface area (Å²) >= 11 is 5.66. The Hall–Kier alpha value is -1.10. The van der Waals surface area contributed by atoms with Gasteiger partial charge in [-0.15, -0.1) is 0 Å². The summed E-state index contributed by atoms with van der Waals surface area (Å²) in [6.45, 7) is 3.07. The van der Waals surface area contributed by atoms with Gasteiger partial charge in [-0.25, -0.2) is 0 Å². The van der Waals surface area contributed by atoms with Crippen molar-refractivity contribution in [1.82, 2.24) is 15.0 Å². The van der Waals surface area contributed by atoms with E-state index in [-0.39, 0.29) is 11.2 Å². The average Bonchev–Trinajstić information content (AvgIpc) is 2.95. The summed E-state index contributed by atoms with van der Waals surface area (Å²) in [7, 11) is 0. The highest BCUT2D eigenvalue weighted by Gasteiger charge is 2.27. The van der Waals surface area contributed by atoms with E-state index in [0.717, 1.165) is 12.5 Å². The number of nitrogens with two attached hydrogens (primary N) is 1. The highest BCUT2D eigenvalue weighted by atomic mass is 35.5. The fraction of sp³-hybridized carbons (Fsp3) is 0.667. The molecule has 1 fully saturated rings. The van der Waals surface area contributed by atoms with Crippen molar-refractivity contribution in [3.05, 3.63) is 5.28 Å². The predicted octanol–water partition coefficient (Wildman–Crippen LogP) is 1.57. The molecule has 0 bridgehead atoms. The van der Waals surface area contributed by atoms with Crippen molar-refractivity contribution in [3.63, 3.8) is 0 Å². The summed E-state index contributed by atoms with van der Waals surface area (Å²) in [5.41, 5.74) is 5.45. The van der Waals surface area contributed by atoms with Crippen LogP contribution in [0.25, 0.3) is 0 Å². The zero-order valence-electron chi connectivity index (χ0n) is 8.57. The molecule has 0 radical (unpaired) electrons. The molecule has 3 N–H and O–H groups in total. The van der Waals surface area contributed by atoms with Crippen molar-refractivity contribution < 1.29 is 0 Å². The van der Waals surface area contributed by atoms with Crippen LogP contribution in [0.5, 0.6) is 0 Å². The van der Waals surface area contributed by atoms with E-state index < -0.39 is 0 Å². The Morgan fingerprint density at radius 1 is 1.47 bits per heavy atom. The third kappa shape index (κ3) is 2.92. The fourth-order valence-corrected chi connectivity index (χ4v) is 1.70. The fourth-order valence-electron chi connectivity index (χ4n) is 1.53. The molecule has 1 atom stereocenters. The van der Waals surface area contributed by atoms with Crippen molar-refractivity contribution in [1.29, 1.82) is 0 Å². The topological polar surface area (TPSA) is 76.7 Å². The summed E-state index contributed by atoms with van der Waals surface area (Å²) in [6, 6.07) is 0. The quantitative estimate of drug-likeness (QED) is 0.817. The maximum Gasteiger partial charge on any atom is 0.228 e. The normalized spacial score (nSPS) is 17.5. The summed E-state index contributed by atoms with van der Waals surface area (Å²) in [5.74, 6) is 2.10. The van der Waals surface area contributed by atoms with E-state index in [1.165, 1.54) is 12.8 Å². The molecule has 1 aromatic heterocycles. The number of anilines is 2. The number of nitrogens with one attached hydrogen (secondary N) is 1. The maximum atomic E-state index is 5.66. The number of aromatic nitrogens is 3. The summed E-state index contributed by atoms with van der Waals surface area (Å²) in [5, 5.41) is 3.25. The molecule has 1 heterocycles. The number of hydrogen-bond donors (Lipinski definition) is 2. The van der Waals surface area contributed by atoms with Gasteiger partial charge in [0.2, 0.25) is 17.2 Å². The van der Waals surface area contributed by atoms with Crippen molar-refractivity contribution in [3.8, 4) is 0 Å². The van der Waals surface area contributed by atoms with Crippen LogP contribution in [0.2, 0.25) is 5.28 Å². The van der Waals surface area contributed by atoms with Crippen molar-refractivity contribution >= 4 is 23.5 Å². The number of hydrogen-bond acceptors (Lipinski definition) is 5. The number of halogens is 1. The van der Waals surface area contributed by atoms with E-state index in [1.54, 1.807) is 0 Å². The van der Waals surface area contributed by atoms with Gasteiger partial charge in [0.15, 0.2) is 0 Å². The van der Waals surface area contributed by atoms with Gasteiger partial charge in [0, 0.05) is 6.54 Å². The smallest absolute Gasteiger partial charge is 0.228 e. The molecule has 0 spiro atoms. The van der Waals surface area contributed by atoms with E-state index in [2.05, 4.69) is 27.2 Å². The lowest BCUT2D eigenvalue weighted by Crippen LogP contribution is -2.15.